The van der Waals surface area contributed by atoms with Crippen molar-refractivity contribution in [3.05, 3.63) is 44.8 Å². The van der Waals surface area contributed by atoms with Gasteiger partial charge in [-0.2, -0.15) is 0 Å². The molecule has 0 unspecified atom stereocenters. The number of carbonyl (C=O) groups excluding carboxylic acids is 3. The van der Waals surface area contributed by atoms with Crippen LogP contribution in [-0.4, -0.2) is 39.6 Å². The lowest BCUT2D eigenvalue weighted by atomic mass is 10.1. The zero-order chi connectivity index (χ0) is 17.9. The molecule has 1 aromatic rings. The molecular formula is C15H14N2O6S. The Bertz CT molecular complexity index is 743. The molecule has 0 N–H and O–H groups in total. The lowest BCUT2D eigenvalue weighted by Crippen LogP contribution is -2.35. The van der Waals surface area contributed by atoms with Crippen LogP contribution in [0, 0.1) is 10.1 Å². The number of nitrogens with zero attached hydrogens (tertiary/aromatic N) is 2. The van der Waals surface area contributed by atoms with E-state index in [0.717, 1.165) is 4.90 Å². The Hall–Kier alpha value is -2.68. The number of imide groups is 1. The third-order valence-electron chi connectivity index (χ3n) is 2.95. The van der Waals surface area contributed by atoms with Crippen molar-refractivity contribution in [1.82, 2.24) is 4.90 Å². The number of amides is 2. The van der Waals surface area contributed by atoms with Crippen LogP contribution < -0.4 is 0 Å². The van der Waals surface area contributed by atoms with E-state index >= 15 is 0 Å². The van der Waals surface area contributed by atoms with Crippen molar-refractivity contribution >= 4 is 40.6 Å². The van der Waals surface area contributed by atoms with E-state index in [1.165, 1.54) is 24.3 Å². The molecule has 0 aliphatic carbocycles. The Kier molecular flexibility index (Phi) is 5.35. The third-order valence-corrected chi connectivity index (χ3v) is 3.86. The average Bonchev–Trinajstić information content (AvgIpc) is 2.74. The fourth-order valence-electron chi connectivity index (χ4n) is 1.98. The number of hydrogen-bond donors (Lipinski definition) is 0. The molecule has 9 heteroatoms. The first kappa shape index (κ1) is 17.7. The van der Waals surface area contributed by atoms with Crippen LogP contribution in [0.2, 0.25) is 0 Å². The second-order valence-electron chi connectivity index (χ2n) is 5.12. The van der Waals surface area contributed by atoms with E-state index in [-0.39, 0.29) is 22.3 Å². The molecule has 0 spiro atoms. The maximum absolute atomic E-state index is 12.3. The van der Waals surface area contributed by atoms with E-state index < -0.39 is 28.6 Å². The van der Waals surface area contributed by atoms with Gasteiger partial charge in [0.1, 0.15) is 6.54 Å². The number of esters is 1. The van der Waals surface area contributed by atoms with Gasteiger partial charge < -0.3 is 4.74 Å². The number of nitro groups is 1. The number of thioether (sulfide) groups is 1. The topological polar surface area (TPSA) is 107 Å². The first-order chi connectivity index (χ1) is 11.3. The van der Waals surface area contributed by atoms with Crippen LogP contribution >= 0.6 is 11.8 Å². The van der Waals surface area contributed by atoms with Crippen LogP contribution in [-0.2, 0) is 14.3 Å². The van der Waals surface area contributed by atoms with E-state index in [9.17, 15) is 24.5 Å². The minimum Gasteiger partial charge on any atom is -0.462 e. The maximum Gasteiger partial charge on any atom is 0.326 e. The Balaban J connectivity index is 2.23. The molecule has 8 nitrogen and oxygen atoms in total. The number of nitro benzene ring substituents is 1. The summed E-state index contributed by atoms with van der Waals surface area (Å²) in [5, 5.41) is 10.4. The van der Waals surface area contributed by atoms with Crippen molar-refractivity contribution in [3.8, 4) is 0 Å². The van der Waals surface area contributed by atoms with Gasteiger partial charge >= 0.3 is 5.97 Å². The van der Waals surface area contributed by atoms with Crippen LogP contribution in [0.1, 0.15) is 19.4 Å². The van der Waals surface area contributed by atoms with Gasteiger partial charge in [0.05, 0.1) is 21.5 Å². The highest BCUT2D eigenvalue weighted by Gasteiger charge is 2.37. The molecule has 1 fully saturated rings. The molecular weight excluding hydrogens is 336 g/mol. The normalized spacial score (nSPS) is 16.1. The molecule has 0 aromatic heterocycles. The molecule has 1 heterocycles. The lowest BCUT2D eigenvalue weighted by molar-refractivity contribution is -0.385. The highest BCUT2D eigenvalue weighted by atomic mass is 32.2. The molecule has 1 aliphatic heterocycles. The van der Waals surface area contributed by atoms with Crippen molar-refractivity contribution < 1.29 is 24.0 Å². The van der Waals surface area contributed by atoms with Gasteiger partial charge in [-0.05, 0) is 37.8 Å². The van der Waals surface area contributed by atoms with Crippen molar-refractivity contribution in [2.75, 3.05) is 6.54 Å². The quantitative estimate of drug-likeness (QED) is 0.348. The van der Waals surface area contributed by atoms with Gasteiger partial charge in [0.15, 0.2) is 0 Å². The number of hydrogen-bond acceptors (Lipinski definition) is 7. The SMILES string of the molecule is CC(C)OC(=O)CN1C(=O)S/C(=C/c2ccccc2[N+](=O)[O-])C1=O. The standard InChI is InChI=1S/C15H14N2O6S/c1-9(2)23-13(18)8-16-14(19)12(24-15(16)20)7-10-5-3-4-6-11(10)17(21)22/h3-7,9H,8H2,1-2H3/b12-7+. The zero-order valence-electron chi connectivity index (χ0n) is 12.9. The van der Waals surface area contributed by atoms with Crippen molar-refractivity contribution in [1.29, 1.82) is 0 Å². The first-order valence-corrected chi connectivity index (χ1v) is 7.79. The highest BCUT2D eigenvalue weighted by molar-refractivity contribution is 8.18. The van der Waals surface area contributed by atoms with E-state index in [4.69, 9.17) is 4.74 Å². The second-order valence-corrected chi connectivity index (χ2v) is 6.12. The molecule has 0 radical (unpaired) electrons. The molecule has 0 atom stereocenters. The van der Waals surface area contributed by atoms with Gasteiger partial charge in [0.2, 0.25) is 0 Å². The highest BCUT2D eigenvalue weighted by Crippen LogP contribution is 2.33. The van der Waals surface area contributed by atoms with Gasteiger partial charge in [-0.25, -0.2) is 0 Å². The molecule has 126 valence electrons. The van der Waals surface area contributed by atoms with Crippen LogP contribution in [0.3, 0.4) is 0 Å². The second kappa shape index (κ2) is 7.26. The number of rotatable bonds is 5. The predicted octanol–water partition coefficient (Wildman–Crippen LogP) is 2.58. The summed E-state index contributed by atoms with van der Waals surface area (Å²) in [7, 11) is 0. The van der Waals surface area contributed by atoms with Gasteiger partial charge in [-0.15, -0.1) is 0 Å². The fourth-order valence-corrected chi connectivity index (χ4v) is 2.81. The number of para-hydroxylation sites is 1. The van der Waals surface area contributed by atoms with Gasteiger partial charge in [0, 0.05) is 6.07 Å². The largest absolute Gasteiger partial charge is 0.462 e. The average molecular weight is 350 g/mol. The van der Waals surface area contributed by atoms with Gasteiger partial charge in [0.25, 0.3) is 16.8 Å². The Labute approximate surface area is 141 Å². The molecule has 1 aromatic carbocycles. The number of carbonyl (C=O) groups is 3. The Morgan fingerprint density at radius 3 is 2.67 bits per heavy atom. The summed E-state index contributed by atoms with van der Waals surface area (Å²) in [6, 6.07) is 5.86. The minimum absolute atomic E-state index is 0.0200. The zero-order valence-corrected chi connectivity index (χ0v) is 13.7. The van der Waals surface area contributed by atoms with Gasteiger partial charge in [-0.3, -0.25) is 29.4 Å². The van der Waals surface area contributed by atoms with E-state index in [2.05, 4.69) is 0 Å². The van der Waals surface area contributed by atoms with Crippen molar-refractivity contribution in [3.63, 3.8) is 0 Å². The summed E-state index contributed by atoms with van der Waals surface area (Å²) in [6.45, 7) is 2.82. The summed E-state index contributed by atoms with van der Waals surface area (Å²) >= 11 is 0.626. The van der Waals surface area contributed by atoms with E-state index in [0.29, 0.717) is 11.8 Å². The first-order valence-electron chi connectivity index (χ1n) is 6.98. The van der Waals surface area contributed by atoms with E-state index in [1.54, 1.807) is 19.9 Å². The molecule has 1 saturated heterocycles. The van der Waals surface area contributed by atoms with Crippen molar-refractivity contribution in [2.24, 2.45) is 0 Å². The molecule has 1 aliphatic rings. The van der Waals surface area contributed by atoms with Gasteiger partial charge in [-0.1, -0.05) is 12.1 Å². The molecule has 2 amide bonds. The third kappa shape index (κ3) is 3.99. The minimum atomic E-state index is -0.695. The molecule has 0 saturated carbocycles. The van der Waals surface area contributed by atoms with Crippen LogP contribution in [0.4, 0.5) is 10.5 Å². The van der Waals surface area contributed by atoms with Crippen LogP contribution in [0.5, 0.6) is 0 Å². The molecule has 24 heavy (non-hydrogen) atoms. The van der Waals surface area contributed by atoms with Crippen molar-refractivity contribution in [2.45, 2.75) is 20.0 Å². The predicted molar refractivity (Wildman–Crippen MR) is 87.0 cm³/mol. The Morgan fingerprint density at radius 1 is 1.38 bits per heavy atom. The molecule has 2 rings (SSSR count). The summed E-state index contributed by atoms with van der Waals surface area (Å²) in [5.74, 6) is -1.37. The van der Waals surface area contributed by atoms with Crippen LogP contribution in [0.25, 0.3) is 6.08 Å². The monoisotopic (exact) mass is 350 g/mol. The van der Waals surface area contributed by atoms with Crippen LogP contribution in [0.15, 0.2) is 29.2 Å². The summed E-state index contributed by atoms with van der Waals surface area (Å²) < 4.78 is 4.91. The molecule has 0 bridgehead atoms. The smallest absolute Gasteiger partial charge is 0.326 e. The van der Waals surface area contributed by atoms with E-state index in [1.807, 2.05) is 0 Å². The number of ether oxygens (including phenoxy) is 1. The lowest BCUT2D eigenvalue weighted by Gasteiger charge is -2.13. The fraction of sp³-hybridized carbons (Fsp3) is 0.267. The maximum atomic E-state index is 12.3. The number of benzene rings is 1. The summed E-state index contributed by atoms with van der Waals surface area (Å²) in [5.41, 5.74) is 0.0290. The summed E-state index contributed by atoms with van der Waals surface area (Å²) in [6.07, 6.45) is 0.913. The Morgan fingerprint density at radius 2 is 2.04 bits per heavy atom. The summed E-state index contributed by atoms with van der Waals surface area (Å²) in [4.78, 5) is 47.0.